The van der Waals surface area contributed by atoms with Crippen molar-refractivity contribution in [1.29, 1.82) is 0 Å². The van der Waals surface area contributed by atoms with Crippen LogP contribution in [0.15, 0.2) is 47.5 Å². The molecule has 1 saturated heterocycles. The number of fused-ring (bicyclic) bond motifs is 1. The maximum Gasteiger partial charge on any atom is 0.282 e. The molecule has 0 aliphatic carbocycles. The first-order chi connectivity index (χ1) is 14.0. The first kappa shape index (κ1) is 18.9. The van der Waals surface area contributed by atoms with E-state index >= 15 is 0 Å². The zero-order valence-electron chi connectivity index (χ0n) is 16.5. The molecule has 2 amide bonds. The van der Waals surface area contributed by atoms with E-state index in [2.05, 4.69) is 5.10 Å². The fourth-order valence-electron chi connectivity index (χ4n) is 3.64. The van der Waals surface area contributed by atoms with E-state index in [4.69, 9.17) is 0 Å². The van der Waals surface area contributed by atoms with Gasteiger partial charge in [-0.1, -0.05) is 18.2 Å². The standard InChI is InChI=1S/C21H23N5O3/c1-3-23-13-17(20(28)25-11-9-24(10-12-25)15(2)27)19-18(14-23)21(29)26(22-19)16-7-5-4-6-8-16/h4-8,13-14H,3,9-12H2,1-2H3. The number of aryl methyl sites for hydroxylation is 1. The normalized spacial score (nSPS) is 14.4. The van der Waals surface area contributed by atoms with Crippen LogP contribution in [0.1, 0.15) is 24.2 Å². The van der Waals surface area contributed by atoms with E-state index in [1.807, 2.05) is 41.8 Å². The van der Waals surface area contributed by atoms with Crippen LogP contribution in [-0.2, 0) is 11.3 Å². The number of amides is 2. The van der Waals surface area contributed by atoms with Crippen LogP contribution >= 0.6 is 0 Å². The van der Waals surface area contributed by atoms with Gasteiger partial charge in [0, 0.05) is 52.0 Å². The highest BCUT2D eigenvalue weighted by Crippen LogP contribution is 2.24. The molecule has 0 N–H and O–H groups in total. The molecule has 8 heteroatoms. The van der Waals surface area contributed by atoms with Crippen LogP contribution in [0, 0.1) is 0 Å². The smallest absolute Gasteiger partial charge is 0.282 e. The van der Waals surface area contributed by atoms with Crippen molar-refractivity contribution in [2.24, 2.45) is 0 Å². The molecule has 29 heavy (non-hydrogen) atoms. The molecular formula is C21H23N5O3. The Kier molecular flexibility index (Phi) is 4.92. The minimum atomic E-state index is -0.246. The molecule has 1 fully saturated rings. The highest BCUT2D eigenvalue weighted by molar-refractivity contribution is 6.00. The summed E-state index contributed by atoms with van der Waals surface area (Å²) in [6, 6.07) is 9.17. The number of carbonyl (C=O) groups is 2. The number of pyridine rings is 1. The van der Waals surface area contributed by atoms with Crippen LogP contribution in [0.5, 0.6) is 0 Å². The molecule has 3 heterocycles. The third kappa shape index (κ3) is 3.41. The molecule has 8 nitrogen and oxygen atoms in total. The van der Waals surface area contributed by atoms with Crippen molar-refractivity contribution in [3.05, 3.63) is 58.6 Å². The van der Waals surface area contributed by atoms with Gasteiger partial charge in [0.25, 0.3) is 11.5 Å². The van der Waals surface area contributed by atoms with E-state index in [-0.39, 0.29) is 17.4 Å². The number of hydrogen-bond donors (Lipinski definition) is 0. The SMILES string of the molecule is CCn1cc(C(=O)N2CCN(C(C)=O)CC2)c2nn(-c3ccccc3)c(=O)c-2c1. The van der Waals surface area contributed by atoms with Gasteiger partial charge >= 0.3 is 0 Å². The first-order valence-electron chi connectivity index (χ1n) is 9.72. The number of hydrogen-bond acceptors (Lipinski definition) is 4. The molecule has 0 spiro atoms. The van der Waals surface area contributed by atoms with Gasteiger partial charge in [0.05, 0.1) is 16.8 Å². The van der Waals surface area contributed by atoms with Crippen LogP contribution in [0.2, 0.25) is 0 Å². The largest absolute Gasteiger partial charge is 0.353 e. The Hall–Kier alpha value is -3.42. The van der Waals surface area contributed by atoms with E-state index in [1.165, 1.54) is 11.6 Å². The maximum absolute atomic E-state index is 13.3. The summed E-state index contributed by atoms with van der Waals surface area (Å²) in [5.74, 6) is -0.153. The lowest BCUT2D eigenvalue weighted by Gasteiger charge is -2.34. The van der Waals surface area contributed by atoms with Crippen molar-refractivity contribution in [2.75, 3.05) is 26.2 Å². The lowest BCUT2D eigenvalue weighted by atomic mass is 10.1. The van der Waals surface area contributed by atoms with Gasteiger partial charge in [-0.15, -0.1) is 0 Å². The molecule has 150 valence electrons. The molecule has 1 aromatic carbocycles. The van der Waals surface area contributed by atoms with Crippen LogP contribution in [-0.4, -0.2) is 62.1 Å². The Labute approximate surface area is 168 Å². The number of benzene rings is 1. The maximum atomic E-state index is 13.3. The predicted octanol–water partition coefficient (Wildman–Crippen LogP) is 1.46. The quantitative estimate of drug-likeness (QED) is 0.675. The molecule has 0 unspecified atom stereocenters. The second kappa shape index (κ2) is 7.54. The van der Waals surface area contributed by atoms with Gasteiger partial charge in [-0.3, -0.25) is 14.4 Å². The van der Waals surface area contributed by atoms with Crippen molar-refractivity contribution in [3.8, 4) is 16.9 Å². The summed E-state index contributed by atoms with van der Waals surface area (Å²) in [4.78, 5) is 41.3. The van der Waals surface area contributed by atoms with Crippen molar-refractivity contribution >= 4 is 11.8 Å². The monoisotopic (exact) mass is 393 g/mol. The number of aromatic nitrogens is 3. The summed E-state index contributed by atoms with van der Waals surface area (Å²) in [6.07, 6.45) is 3.50. The zero-order valence-corrected chi connectivity index (χ0v) is 16.5. The Morgan fingerprint density at radius 3 is 2.28 bits per heavy atom. The van der Waals surface area contributed by atoms with E-state index in [0.717, 1.165) is 0 Å². The van der Waals surface area contributed by atoms with Gasteiger partial charge < -0.3 is 14.4 Å². The average molecular weight is 393 g/mol. The second-order valence-electron chi connectivity index (χ2n) is 7.12. The Bertz CT molecular complexity index is 1080. The molecule has 1 aromatic rings. The molecule has 0 bridgehead atoms. The van der Waals surface area contributed by atoms with Gasteiger partial charge in [0.1, 0.15) is 5.69 Å². The lowest BCUT2D eigenvalue weighted by Crippen LogP contribution is -2.50. The van der Waals surface area contributed by atoms with Crippen molar-refractivity contribution in [2.45, 2.75) is 20.4 Å². The Morgan fingerprint density at radius 2 is 1.66 bits per heavy atom. The third-order valence-corrected chi connectivity index (χ3v) is 5.33. The van der Waals surface area contributed by atoms with Gasteiger partial charge in [-0.25, -0.2) is 0 Å². The average Bonchev–Trinajstić information content (AvgIpc) is 3.09. The zero-order chi connectivity index (χ0) is 20.5. The fraction of sp³-hybridized carbons (Fsp3) is 0.333. The highest BCUT2D eigenvalue weighted by atomic mass is 16.2. The number of nitrogens with zero attached hydrogens (tertiary/aromatic N) is 5. The molecule has 0 atom stereocenters. The molecule has 3 aliphatic rings. The van der Waals surface area contributed by atoms with Crippen LogP contribution < -0.4 is 5.56 Å². The predicted molar refractivity (Wildman–Crippen MR) is 108 cm³/mol. The number of rotatable bonds is 3. The summed E-state index contributed by atoms with van der Waals surface area (Å²) < 4.78 is 3.18. The van der Waals surface area contributed by atoms with Crippen molar-refractivity contribution in [3.63, 3.8) is 0 Å². The van der Waals surface area contributed by atoms with E-state index < -0.39 is 0 Å². The summed E-state index contributed by atoms with van der Waals surface area (Å²) in [7, 11) is 0. The van der Waals surface area contributed by atoms with Crippen LogP contribution in [0.3, 0.4) is 0 Å². The molecule has 0 radical (unpaired) electrons. The van der Waals surface area contributed by atoms with E-state index in [1.54, 1.807) is 22.2 Å². The van der Waals surface area contributed by atoms with Gasteiger partial charge in [-0.2, -0.15) is 9.78 Å². The lowest BCUT2D eigenvalue weighted by molar-refractivity contribution is -0.130. The van der Waals surface area contributed by atoms with Gasteiger partial charge in [0.2, 0.25) is 5.91 Å². The molecule has 4 rings (SSSR count). The summed E-state index contributed by atoms with van der Waals surface area (Å²) in [5, 5.41) is 4.50. The minimum absolute atomic E-state index is 0.0145. The topological polar surface area (TPSA) is 80.4 Å². The molecular weight excluding hydrogens is 370 g/mol. The molecule has 0 aromatic heterocycles. The fourth-order valence-corrected chi connectivity index (χ4v) is 3.64. The highest BCUT2D eigenvalue weighted by Gasteiger charge is 2.29. The van der Waals surface area contributed by atoms with Gasteiger partial charge in [-0.05, 0) is 19.1 Å². The number of para-hydroxylation sites is 1. The van der Waals surface area contributed by atoms with Crippen LogP contribution in [0.4, 0.5) is 0 Å². The summed E-state index contributed by atoms with van der Waals surface area (Å²) in [6.45, 7) is 6.07. The Morgan fingerprint density at radius 1 is 1.00 bits per heavy atom. The third-order valence-electron chi connectivity index (χ3n) is 5.33. The van der Waals surface area contributed by atoms with Crippen LogP contribution in [0.25, 0.3) is 16.9 Å². The molecule has 0 saturated carbocycles. The second-order valence-corrected chi connectivity index (χ2v) is 7.12. The number of carbonyl (C=O) groups excluding carboxylic acids is 2. The van der Waals surface area contributed by atoms with Crippen molar-refractivity contribution < 1.29 is 9.59 Å². The van der Waals surface area contributed by atoms with E-state index in [0.29, 0.717) is 55.2 Å². The molecule has 3 aliphatic heterocycles. The minimum Gasteiger partial charge on any atom is -0.353 e. The summed E-state index contributed by atoms with van der Waals surface area (Å²) >= 11 is 0. The van der Waals surface area contributed by atoms with Crippen molar-refractivity contribution in [1.82, 2.24) is 24.1 Å². The number of piperazine rings is 1. The summed E-state index contributed by atoms with van der Waals surface area (Å²) in [5.41, 5.74) is 1.65. The first-order valence-corrected chi connectivity index (χ1v) is 9.72. The van der Waals surface area contributed by atoms with Gasteiger partial charge in [0.15, 0.2) is 0 Å². The Balaban J connectivity index is 1.75. The van der Waals surface area contributed by atoms with E-state index in [9.17, 15) is 14.4 Å².